The number of amides is 1. The molecular formula is C27H49ClN2O9. The number of nitrogens with zero attached hydrogens (tertiary/aromatic N) is 1. The second-order valence-corrected chi connectivity index (χ2v) is 12.0. The molecular weight excluding hydrogens is 532 g/mol. The minimum absolute atomic E-state index is 0. The van der Waals surface area contributed by atoms with Gasteiger partial charge in [-0.25, -0.2) is 14.4 Å². The Labute approximate surface area is 239 Å². The average Bonchev–Trinajstić information content (AvgIpc) is 3.06. The zero-order valence-corrected chi connectivity index (χ0v) is 25.9. The van der Waals surface area contributed by atoms with Crippen LogP contribution >= 0.6 is 12.4 Å². The van der Waals surface area contributed by atoms with Crippen molar-refractivity contribution in [2.75, 3.05) is 26.2 Å². The maximum Gasteiger partial charge on any atom is 0.519 e. The van der Waals surface area contributed by atoms with Crippen LogP contribution in [0, 0.1) is 0 Å². The molecule has 2 saturated heterocycles. The van der Waals surface area contributed by atoms with Crippen LogP contribution in [-0.4, -0.2) is 77.9 Å². The van der Waals surface area contributed by atoms with E-state index in [0.717, 1.165) is 38.8 Å². The number of hydrogen-bond acceptors (Lipinski definition) is 10. The molecule has 2 fully saturated rings. The Morgan fingerprint density at radius 1 is 0.641 bits per heavy atom. The van der Waals surface area contributed by atoms with E-state index in [1.54, 1.807) is 46.4 Å². The van der Waals surface area contributed by atoms with Crippen molar-refractivity contribution in [2.24, 2.45) is 0 Å². The molecule has 2 aliphatic rings. The number of halogens is 1. The molecule has 0 spiro atoms. The monoisotopic (exact) mass is 580 g/mol. The van der Waals surface area contributed by atoms with Crippen LogP contribution in [0.5, 0.6) is 0 Å². The molecule has 39 heavy (non-hydrogen) atoms. The summed E-state index contributed by atoms with van der Waals surface area (Å²) in [5.41, 5.74) is -1.86. The molecule has 0 saturated carbocycles. The summed E-state index contributed by atoms with van der Waals surface area (Å²) in [4.78, 5) is 57.1. The molecule has 0 unspecified atom stereocenters. The summed E-state index contributed by atoms with van der Waals surface area (Å²) in [6, 6.07) is 0. The molecule has 12 heteroatoms. The Bertz CT molecular complexity index is 761. The predicted octanol–water partition coefficient (Wildman–Crippen LogP) is 5.60. The Kier molecular flexibility index (Phi) is 17.9. The summed E-state index contributed by atoms with van der Waals surface area (Å²) in [7, 11) is 0. The van der Waals surface area contributed by atoms with E-state index in [-0.39, 0.29) is 24.3 Å². The largest absolute Gasteiger partial charge is 0.519 e. The van der Waals surface area contributed by atoms with Crippen molar-refractivity contribution in [1.82, 2.24) is 10.2 Å². The maximum absolute atomic E-state index is 11.7. The van der Waals surface area contributed by atoms with Crippen molar-refractivity contribution in [3.8, 4) is 0 Å². The number of ketones is 2. The minimum Gasteiger partial charge on any atom is -0.444 e. The van der Waals surface area contributed by atoms with Gasteiger partial charge in [-0.15, -0.1) is 12.4 Å². The number of hydrogen-bond donors (Lipinski definition) is 1. The minimum atomic E-state index is -1.06. The number of Topliss-reactive ketones (excluding diaryl/α,β-unsaturated/α-hetero) is 2. The van der Waals surface area contributed by atoms with E-state index in [9.17, 15) is 24.0 Å². The lowest BCUT2D eigenvalue weighted by atomic mass is 10.2. The summed E-state index contributed by atoms with van der Waals surface area (Å²) in [6.45, 7) is 18.6. The van der Waals surface area contributed by atoms with Gasteiger partial charge in [-0.3, -0.25) is 9.59 Å². The molecule has 0 aromatic heterocycles. The van der Waals surface area contributed by atoms with Gasteiger partial charge in [0.25, 0.3) is 0 Å². The highest BCUT2D eigenvalue weighted by Crippen LogP contribution is 2.14. The lowest BCUT2D eigenvalue weighted by Gasteiger charge is -2.26. The first kappa shape index (κ1) is 38.7. The van der Waals surface area contributed by atoms with E-state index in [2.05, 4.69) is 10.1 Å². The Morgan fingerprint density at radius 2 is 1.10 bits per heavy atom. The predicted molar refractivity (Wildman–Crippen MR) is 149 cm³/mol. The summed E-state index contributed by atoms with van der Waals surface area (Å²) >= 11 is 0. The molecule has 1 amide bonds. The number of carbonyl (C=O) groups excluding carboxylic acids is 5. The first-order valence-corrected chi connectivity index (χ1v) is 13.1. The average molecular weight is 581 g/mol. The number of ether oxygens (including phenoxy) is 4. The molecule has 2 aliphatic heterocycles. The van der Waals surface area contributed by atoms with Gasteiger partial charge in [0, 0.05) is 45.3 Å². The van der Waals surface area contributed by atoms with Gasteiger partial charge in [-0.05, 0) is 81.7 Å². The maximum atomic E-state index is 11.7. The molecule has 0 aliphatic carbocycles. The van der Waals surface area contributed by atoms with Crippen LogP contribution in [0.15, 0.2) is 0 Å². The summed E-state index contributed by atoms with van der Waals surface area (Å²) < 4.78 is 19.0. The van der Waals surface area contributed by atoms with Gasteiger partial charge in [0.15, 0.2) is 0 Å². The van der Waals surface area contributed by atoms with Crippen molar-refractivity contribution < 1.29 is 42.9 Å². The molecule has 0 atom stereocenters. The molecule has 228 valence electrons. The normalized spacial score (nSPS) is 16.4. The van der Waals surface area contributed by atoms with E-state index < -0.39 is 29.1 Å². The number of carbonyl (C=O) groups is 5. The Morgan fingerprint density at radius 3 is 1.59 bits per heavy atom. The number of rotatable bonds is 0. The third kappa shape index (κ3) is 24.4. The summed E-state index contributed by atoms with van der Waals surface area (Å²) in [6.07, 6.45) is 1.91. The van der Waals surface area contributed by atoms with Gasteiger partial charge in [-0.2, -0.15) is 0 Å². The van der Waals surface area contributed by atoms with Crippen molar-refractivity contribution in [3.05, 3.63) is 0 Å². The molecule has 0 aromatic rings. The molecule has 11 nitrogen and oxygen atoms in total. The molecule has 0 aromatic carbocycles. The van der Waals surface area contributed by atoms with Crippen LogP contribution in [0.4, 0.5) is 14.4 Å². The first-order valence-electron chi connectivity index (χ1n) is 13.1. The molecule has 0 radical (unpaired) electrons. The van der Waals surface area contributed by atoms with Crippen LogP contribution in [0.3, 0.4) is 0 Å². The highest BCUT2D eigenvalue weighted by Gasteiger charge is 2.25. The van der Waals surface area contributed by atoms with Crippen LogP contribution in [0.25, 0.3) is 0 Å². The van der Waals surface area contributed by atoms with Crippen molar-refractivity contribution in [1.29, 1.82) is 0 Å². The molecule has 1 N–H and O–H groups in total. The standard InChI is InChI=1S/C11H19NO3.C10H18O5.C6H11NO.ClH/c1-11(2,3)15-10(14)12-7-4-5-9(13)6-8-12;1-9(2,3)14-7(11)13-8(12)15-10(4,5)6;8-6-2-1-4-7-5-3-6;/h4-8H2,1-3H3;1-6H3;7H,1-5H2;1H. The van der Waals surface area contributed by atoms with Crippen LogP contribution in [0.1, 0.15) is 101 Å². The third-order valence-corrected chi connectivity index (χ3v) is 4.53. The van der Waals surface area contributed by atoms with Gasteiger partial charge >= 0.3 is 18.4 Å². The van der Waals surface area contributed by atoms with Gasteiger partial charge in [-0.1, -0.05) is 0 Å². The SMILES string of the molecule is CC(C)(C)OC(=O)N1CCCC(=O)CC1.CC(C)(C)OC(=O)OC(=O)OC(C)(C)C.Cl.O=C1CCCNCC1. The van der Waals surface area contributed by atoms with Crippen molar-refractivity contribution in [3.63, 3.8) is 0 Å². The lowest BCUT2D eigenvalue weighted by Crippen LogP contribution is -2.37. The summed E-state index contributed by atoms with van der Waals surface area (Å²) in [5.74, 6) is 0.649. The Balaban J connectivity index is 0. The van der Waals surface area contributed by atoms with E-state index >= 15 is 0 Å². The second kappa shape index (κ2) is 18.0. The first-order chi connectivity index (χ1) is 17.3. The van der Waals surface area contributed by atoms with Crippen molar-refractivity contribution in [2.45, 2.75) is 118 Å². The van der Waals surface area contributed by atoms with Crippen molar-refractivity contribution >= 4 is 42.4 Å². The molecule has 0 bridgehead atoms. The molecule has 2 heterocycles. The Hall–Kier alpha value is -2.40. The highest BCUT2D eigenvalue weighted by atomic mass is 35.5. The summed E-state index contributed by atoms with van der Waals surface area (Å²) in [5, 5.41) is 3.16. The smallest absolute Gasteiger partial charge is 0.444 e. The van der Waals surface area contributed by atoms with Crippen LogP contribution in [0.2, 0.25) is 0 Å². The fraction of sp³-hybridized carbons (Fsp3) is 0.815. The van der Waals surface area contributed by atoms with Gasteiger partial charge < -0.3 is 29.2 Å². The fourth-order valence-electron chi connectivity index (χ4n) is 2.97. The van der Waals surface area contributed by atoms with Gasteiger partial charge in [0.2, 0.25) is 0 Å². The second-order valence-electron chi connectivity index (χ2n) is 12.0. The fourth-order valence-corrected chi connectivity index (χ4v) is 2.97. The quantitative estimate of drug-likeness (QED) is 0.219. The zero-order valence-electron chi connectivity index (χ0n) is 25.1. The van der Waals surface area contributed by atoms with Crippen LogP contribution in [-0.2, 0) is 28.5 Å². The topological polar surface area (TPSA) is 138 Å². The molecule has 2 rings (SSSR count). The van der Waals surface area contributed by atoms with Crippen LogP contribution < -0.4 is 5.32 Å². The van der Waals surface area contributed by atoms with E-state index in [4.69, 9.17) is 14.2 Å². The lowest BCUT2D eigenvalue weighted by molar-refractivity contribution is -0.119. The highest BCUT2D eigenvalue weighted by molar-refractivity contribution is 5.85. The van der Waals surface area contributed by atoms with E-state index in [1.165, 1.54) is 0 Å². The van der Waals surface area contributed by atoms with E-state index in [1.807, 2.05) is 20.8 Å². The third-order valence-electron chi connectivity index (χ3n) is 4.53. The van der Waals surface area contributed by atoms with E-state index in [0.29, 0.717) is 31.7 Å². The van der Waals surface area contributed by atoms with Gasteiger partial charge in [0.05, 0.1) is 0 Å². The number of likely N-dealkylation sites (tertiary alicyclic amines) is 1. The number of nitrogens with one attached hydrogen (secondary N) is 1. The zero-order chi connectivity index (χ0) is 29.6. The van der Waals surface area contributed by atoms with Gasteiger partial charge in [0.1, 0.15) is 28.4 Å².